The maximum atomic E-state index is 14.3. The average Bonchev–Trinajstić information content (AvgIpc) is 2.59. The van der Waals surface area contributed by atoms with E-state index in [1.54, 1.807) is 0 Å². The molecule has 23 heavy (non-hydrogen) atoms. The molecule has 3 rings (SSSR count). The molecule has 0 aliphatic heterocycles. The van der Waals surface area contributed by atoms with Crippen LogP contribution in [0.1, 0.15) is 38.5 Å². The van der Waals surface area contributed by atoms with Crippen LogP contribution in [0.25, 0.3) is 0 Å². The van der Waals surface area contributed by atoms with E-state index in [0.29, 0.717) is 0 Å². The molecule has 1 N–H and O–H groups in total. The van der Waals surface area contributed by atoms with Gasteiger partial charge in [-0.25, -0.2) is 0 Å². The lowest BCUT2D eigenvalue weighted by atomic mass is 9.98. The summed E-state index contributed by atoms with van der Waals surface area (Å²) in [6, 6.07) is 19.5. The van der Waals surface area contributed by atoms with E-state index in [0.717, 1.165) is 36.3 Å². The molecule has 2 unspecified atom stereocenters. The fourth-order valence-electron chi connectivity index (χ4n) is 3.70. The monoisotopic (exact) mass is 328 g/mol. The Morgan fingerprint density at radius 1 is 0.739 bits per heavy atom. The Kier molecular flexibility index (Phi) is 5.35. The van der Waals surface area contributed by atoms with Crippen LogP contribution in [0.5, 0.6) is 0 Å². The highest BCUT2D eigenvalue weighted by molar-refractivity contribution is 7.79. The van der Waals surface area contributed by atoms with E-state index in [9.17, 15) is 9.67 Å². The van der Waals surface area contributed by atoms with Gasteiger partial charge in [0.05, 0.1) is 6.10 Å². The molecule has 0 saturated heterocycles. The van der Waals surface area contributed by atoms with Gasteiger partial charge in [-0.1, -0.05) is 86.3 Å². The van der Waals surface area contributed by atoms with E-state index >= 15 is 0 Å². The van der Waals surface area contributed by atoms with Crippen LogP contribution < -0.4 is 10.6 Å². The summed E-state index contributed by atoms with van der Waals surface area (Å²) in [4.78, 5) is 0. The summed E-state index contributed by atoms with van der Waals surface area (Å²) in [7, 11) is -2.85. The van der Waals surface area contributed by atoms with Crippen molar-refractivity contribution >= 4 is 17.8 Å². The topological polar surface area (TPSA) is 37.3 Å². The van der Waals surface area contributed by atoms with Gasteiger partial charge < -0.3 is 9.67 Å². The van der Waals surface area contributed by atoms with Crippen LogP contribution >= 0.6 is 7.14 Å². The van der Waals surface area contributed by atoms with Crippen molar-refractivity contribution in [2.75, 3.05) is 0 Å². The number of aliphatic hydroxyl groups is 1. The molecule has 1 saturated carbocycles. The molecule has 0 bridgehead atoms. The van der Waals surface area contributed by atoms with Crippen molar-refractivity contribution in [3.8, 4) is 0 Å². The fraction of sp³-hybridized carbons (Fsp3) is 0.400. The van der Waals surface area contributed by atoms with Crippen molar-refractivity contribution < 1.29 is 9.67 Å². The third-order valence-corrected chi connectivity index (χ3v) is 8.61. The van der Waals surface area contributed by atoms with Crippen molar-refractivity contribution in [1.29, 1.82) is 0 Å². The van der Waals surface area contributed by atoms with Crippen LogP contribution in [-0.4, -0.2) is 16.9 Å². The molecule has 3 heteroatoms. The molecule has 1 fully saturated rings. The SMILES string of the molecule is O=P(c1ccccc1)(c1ccccc1)C1CCCCCCC1O. The minimum atomic E-state index is -2.85. The van der Waals surface area contributed by atoms with Gasteiger partial charge in [-0.3, -0.25) is 0 Å². The van der Waals surface area contributed by atoms with Crippen molar-refractivity contribution in [3.05, 3.63) is 60.7 Å². The highest BCUT2D eigenvalue weighted by atomic mass is 31.2. The lowest BCUT2D eigenvalue weighted by Gasteiger charge is -2.33. The summed E-state index contributed by atoms with van der Waals surface area (Å²) in [5, 5.41) is 12.5. The van der Waals surface area contributed by atoms with Crippen molar-refractivity contribution in [2.45, 2.75) is 50.3 Å². The second kappa shape index (κ2) is 7.47. The molecule has 0 heterocycles. The maximum absolute atomic E-state index is 14.3. The van der Waals surface area contributed by atoms with Crippen LogP contribution in [0.2, 0.25) is 0 Å². The Labute approximate surface area is 138 Å². The van der Waals surface area contributed by atoms with Crippen molar-refractivity contribution in [1.82, 2.24) is 0 Å². The Balaban J connectivity index is 2.10. The molecule has 1 aliphatic rings. The third-order valence-electron chi connectivity index (χ3n) is 4.94. The van der Waals surface area contributed by atoms with Gasteiger partial charge in [0, 0.05) is 16.3 Å². The molecule has 122 valence electrons. The summed E-state index contributed by atoms with van der Waals surface area (Å²) in [6.07, 6.45) is 5.53. The fourth-order valence-corrected chi connectivity index (χ4v) is 7.17. The normalized spacial score (nSPS) is 23.0. The molecule has 2 aromatic rings. The minimum Gasteiger partial charge on any atom is -0.392 e. The first-order valence-corrected chi connectivity index (χ1v) is 10.4. The average molecular weight is 328 g/mol. The highest BCUT2D eigenvalue weighted by Crippen LogP contribution is 2.52. The summed E-state index contributed by atoms with van der Waals surface area (Å²) < 4.78 is 14.3. The van der Waals surface area contributed by atoms with Gasteiger partial charge in [-0.05, 0) is 12.8 Å². The van der Waals surface area contributed by atoms with Crippen molar-refractivity contribution in [3.63, 3.8) is 0 Å². The van der Waals surface area contributed by atoms with E-state index in [2.05, 4.69) is 0 Å². The van der Waals surface area contributed by atoms with E-state index in [4.69, 9.17) is 0 Å². The predicted molar refractivity (Wildman–Crippen MR) is 97.3 cm³/mol. The molecule has 0 spiro atoms. The van der Waals surface area contributed by atoms with Crippen LogP contribution in [0.15, 0.2) is 60.7 Å². The number of benzene rings is 2. The number of hydrogen-bond donors (Lipinski definition) is 1. The van der Waals surface area contributed by atoms with Gasteiger partial charge in [0.1, 0.15) is 7.14 Å². The third kappa shape index (κ3) is 3.44. The molecule has 2 atom stereocenters. The Morgan fingerprint density at radius 2 is 1.22 bits per heavy atom. The zero-order valence-corrected chi connectivity index (χ0v) is 14.4. The van der Waals surface area contributed by atoms with Crippen LogP contribution in [0, 0.1) is 0 Å². The standard InChI is InChI=1S/C20H25O2P/c21-19-15-9-1-2-10-16-20(19)23(22,17-11-5-3-6-12-17)18-13-7-4-8-14-18/h3-8,11-14,19-21H,1-2,9-10,15-16H2. The summed E-state index contributed by atoms with van der Waals surface area (Å²) >= 11 is 0. The number of hydrogen-bond acceptors (Lipinski definition) is 2. The van der Waals surface area contributed by atoms with Crippen LogP contribution in [0.3, 0.4) is 0 Å². The Hall–Kier alpha value is -1.37. The van der Waals surface area contributed by atoms with Gasteiger partial charge in [-0.15, -0.1) is 0 Å². The Morgan fingerprint density at radius 3 is 1.74 bits per heavy atom. The van der Waals surface area contributed by atoms with Gasteiger partial charge in [0.25, 0.3) is 0 Å². The zero-order valence-electron chi connectivity index (χ0n) is 13.5. The lowest BCUT2D eigenvalue weighted by molar-refractivity contribution is 0.144. The van der Waals surface area contributed by atoms with Crippen molar-refractivity contribution in [2.24, 2.45) is 0 Å². The molecule has 2 aromatic carbocycles. The largest absolute Gasteiger partial charge is 0.392 e. The van der Waals surface area contributed by atoms with E-state index in [1.807, 2.05) is 60.7 Å². The first-order chi connectivity index (χ1) is 11.2. The lowest BCUT2D eigenvalue weighted by Crippen LogP contribution is -2.35. The molecule has 0 amide bonds. The smallest absolute Gasteiger partial charge is 0.148 e. The van der Waals surface area contributed by atoms with Gasteiger partial charge >= 0.3 is 0 Å². The van der Waals surface area contributed by atoms with Gasteiger partial charge in [-0.2, -0.15) is 0 Å². The first kappa shape index (κ1) is 16.5. The van der Waals surface area contributed by atoms with E-state index in [1.165, 1.54) is 12.8 Å². The summed E-state index contributed by atoms with van der Waals surface area (Å²) in [5.41, 5.74) is -0.174. The van der Waals surface area contributed by atoms with Crippen LogP contribution in [-0.2, 0) is 4.57 Å². The highest BCUT2D eigenvalue weighted by Gasteiger charge is 2.40. The summed E-state index contributed by atoms with van der Waals surface area (Å²) in [5.74, 6) is 0. The quantitative estimate of drug-likeness (QED) is 0.862. The molecular weight excluding hydrogens is 303 g/mol. The zero-order chi connectivity index (χ0) is 16.1. The number of rotatable bonds is 3. The molecule has 0 aromatic heterocycles. The Bertz CT molecular complexity index is 610. The van der Waals surface area contributed by atoms with Gasteiger partial charge in [0.2, 0.25) is 0 Å². The number of aliphatic hydroxyl groups excluding tert-OH is 1. The van der Waals surface area contributed by atoms with E-state index < -0.39 is 13.2 Å². The second-order valence-corrected chi connectivity index (χ2v) is 9.47. The molecular formula is C20H25O2P. The maximum Gasteiger partial charge on any atom is 0.148 e. The second-order valence-electron chi connectivity index (χ2n) is 6.46. The minimum absolute atomic E-state index is 0.174. The molecule has 2 nitrogen and oxygen atoms in total. The molecule has 1 aliphatic carbocycles. The summed E-state index contributed by atoms with van der Waals surface area (Å²) in [6.45, 7) is 0. The van der Waals surface area contributed by atoms with Gasteiger partial charge in [0.15, 0.2) is 0 Å². The molecule has 0 radical (unpaired) electrons. The predicted octanol–water partition coefficient (Wildman–Crippen LogP) is 4.08. The first-order valence-electron chi connectivity index (χ1n) is 8.62. The van der Waals surface area contributed by atoms with E-state index in [-0.39, 0.29) is 5.66 Å². The van der Waals surface area contributed by atoms with Crippen LogP contribution in [0.4, 0.5) is 0 Å².